The summed E-state index contributed by atoms with van der Waals surface area (Å²) < 4.78 is 11.7. The summed E-state index contributed by atoms with van der Waals surface area (Å²) in [5, 5.41) is 27.8. The van der Waals surface area contributed by atoms with Crippen LogP contribution in [-0.4, -0.2) is 60.5 Å². The Kier molecular flexibility index (Phi) is 7.20. The summed E-state index contributed by atoms with van der Waals surface area (Å²) in [7, 11) is 0. The third kappa shape index (κ3) is 6.25. The van der Waals surface area contributed by atoms with Gasteiger partial charge in [0.2, 0.25) is 5.82 Å². The molecule has 11 nitrogen and oxygen atoms in total. The number of nitrogens with zero attached hydrogens (tertiary/aromatic N) is 3. The van der Waals surface area contributed by atoms with Gasteiger partial charge in [-0.15, -0.1) is 10.2 Å². The number of H-pyrrole nitrogens is 3. The number of fused-ring (bicyclic) bond motifs is 1. The van der Waals surface area contributed by atoms with Gasteiger partial charge in [0.15, 0.2) is 0 Å². The molecular weight excluding hydrogens is 486 g/mol. The van der Waals surface area contributed by atoms with E-state index < -0.39 is 6.10 Å². The van der Waals surface area contributed by atoms with Gasteiger partial charge in [-0.05, 0) is 79.6 Å². The van der Waals surface area contributed by atoms with Crippen molar-refractivity contribution in [2.24, 2.45) is 0 Å². The van der Waals surface area contributed by atoms with Gasteiger partial charge >= 0.3 is 5.69 Å². The van der Waals surface area contributed by atoms with Gasteiger partial charge in [-0.2, -0.15) is 5.21 Å². The van der Waals surface area contributed by atoms with Crippen molar-refractivity contribution in [3.8, 4) is 28.6 Å². The molecule has 1 atom stereocenters. The van der Waals surface area contributed by atoms with Gasteiger partial charge in [0.25, 0.3) is 0 Å². The van der Waals surface area contributed by atoms with E-state index in [2.05, 4.69) is 49.8 Å². The Hall–Kier alpha value is -4.48. The molecule has 3 aromatic carbocycles. The topological polar surface area (TPSA) is 154 Å². The van der Waals surface area contributed by atoms with Crippen LogP contribution in [0, 0.1) is 0 Å². The number of hydrogen-bond donors (Lipinski definition) is 5. The zero-order valence-electron chi connectivity index (χ0n) is 21.1. The molecule has 5 rings (SSSR count). The Bertz CT molecular complexity index is 1520. The molecule has 0 saturated carbocycles. The summed E-state index contributed by atoms with van der Waals surface area (Å²) in [5.41, 5.74) is 2.68. The summed E-state index contributed by atoms with van der Waals surface area (Å²) in [5.74, 6) is 2.49. The zero-order valence-corrected chi connectivity index (χ0v) is 21.1. The quantitative estimate of drug-likeness (QED) is 0.180. The molecule has 0 spiro atoms. The van der Waals surface area contributed by atoms with Crippen molar-refractivity contribution in [1.82, 2.24) is 35.9 Å². The second-order valence-corrected chi connectivity index (χ2v) is 9.67. The molecule has 0 bridgehead atoms. The molecular formula is C27H29N7O4. The minimum absolute atomic E-state index is 0.0948. The van der Waals surface area contributed by atoms with Crippen LogP contribution in [0.15, 0.2) is 71.5 Å². The van der Waals surface area contributed by atoms with E-state index in [4.69, 9.17) is 9.47 Å². The highest BCUT2D eigenvalue weighted by molar-refractivity contribution is 5.81. The van der Waals surface area contributed by atoms with Crippen LogP contribution < -0.4 is 20.5 Å². The summed E-state index contributed by atoms with van der Waals surface area (Å²) in [4.78, 5) is 17.0. The van der Waals surface area contributed by atoms with Gasteiger partial charge in [-0.3, -0.25) is 0 Å². The van der Waals surface area contributed by atoms with Gasteiger partial charge in [0.05, 0.1) is 5.52 Å². The van der Waals surface area contributed by atoms with Crippen LogP contribution in [0.25, 0.3) is 22.4 Å². The van der Waals surface area contributed by atoms with Gasteiger partial charge in [-0.1, -0.05) is 18.2 Å². The first kappa shape index (κ1) is 25.2. The lowest BCUT2D eigenvalue weighted by Crippen LogP contribution is -2.46. The van der Waals surface area contributed by atoms with E-state index in [-0.39, 0.29) is 17.8 Å². The first-order valence-corrected chi connectivity index (χ1v) is 12.2. The van der Waals surface area contributed by atoms with Gasteiger partial charge in [-0.25, -0.2) is 4.79 Å². The van der Waals surface area contributed by atoms with Crippen LogP contribution in [0.5, 0.6) is 17.2 Å². The fourth-order valence-corrected chi connectivity index (χ4v) is 4.13. The maximum atomic E-state index is 11.6. The molecule has 196 valence electrons. The minimum Gasteiger partial charge on any atom is -0.489 e. The highest BCUT2D eigenvalue weighted by Crippen LogP contribution is 2.25. The van der Waals surface area contributed by atoms with Crippen molar-refractivity contribution >= 4 is 11.0 Å². The number of ether oxygens (including phenoxy) is 2. The molecule has 0 aliphatic heterocycles. The van der Waals surface area contributed by atoms with Crippen LogP contribution in [-0.2, 0) is 6.42 Å². The lowest BCUT2D eigenvalue weighted by atomic mass is 9.94. The summed E-state index contributed by atoms with van der Waals surface area (Å²) in [6.07, 6.45) is 0.0295. The summed E-state index contributed by atoms with van der Waals surface area (Å²) >= 11 is 0. The standard InChI is InChI=1S/C27H29N7O4/c1-27(2,28-15-19(35)16-37-23-5-3-4-22-24(23)30-26(36)29-22)14-17-6-10-20(11-7-17)38-21-12-8-18(9-13-21)25-31-33-34-32-25/h3-13,19,28,35H,14-16H2,1-2H3,(H2,29,30,36)(H,31,32,33,34)/t19-/m0/s1. The van der Waals surface area contributed by atoms with Gasteiger partial charge in [0.1, 0.15) is 35.5 Å². The van der Waals surface area contributed by atoms with Crippen molar-refractivity contribution in [1.29, 1.82) is 0 Å². The molecule has 0 fully saturated rings. The third-order valence-electron chi connectivity index (χ3n) is 6.02. The molecule has 0 aliphatic carbocycles. The zero-order chi connectivity index (χ0) is 26.5. The van der Waals surface area contributed by atoms with Crippen LogP contribution in [0.3, 0.4) is 0 Å². The molecule has 5 N–H and O–H groups in total. The second-order valence-electron chi connectivity index (χ2n) is 9.67. The second kappa shape index (κ2) is 10.9. The van der Waals surface area contributed by atoms with E-state index in [1.807, 2.05) is 48.5 Å². The lowest BCUT2D eigenvalue weighted by molar-refractivity contribution is 0.0995. The summed E-state index contributed by atoms with van der Waals surface area (Å²) in [6.45, 7) is 4.62. The number of benzene rings is 3. The number of aliphatic hydroxyl groups is 1. The Labute approximate surface area is 218 Å². The van der Waals surface area contributed by atoms with E-state index in [9.17, 15) is 9.90 Å². The number of aliphatic hydroxyl groups excluding tert-OH is 1. The highest BCUT2D eigenvalue weighted by atomic mass is 16.5. The smallest absolute Gasteiger partial charge is 0.323 e. The van der Waals surface area contributed by atoms with Crippen molar-refractivity contribution in [2.45, 2.75) is 31.9 Å². The SMILES string of the molecule is CC(C)(Cc1ccc(Oc2ccc(-c3nn[nH]n3)cc2)cc1)NC[C@H](O)COc1cccc2[nH]c(=O)[nH]c12. The molecule has 0 amide bonds. The van der Waals surface area contributed by atoms with E-state index in [1.165, 1.54) is 0 Å². The number of tetrazole rings is 1. The van der Waals surface area contributed by atoms with Crippen molar-refractivity contribution in [3.63, 3.8) is 0 Å². The largest absolute Gasteiger partial charge is 0.489 e. The number of nitrogens with one attached hydrogen (secondary N) is 4. The van der Waals surface area contributed by atoms with E-state index in [1.54, 1.807) is 18.2 Å². The molecule has 38 heavy (non-hydrogen) atoms. The fourth-order valence-electron chi connectivity index (χ4n) is 4.13. The minimum atomic E-state index is -0.725. The predicted molar refractivity (Wildman–Crippen MR) is 142 cm³/mol. The Morgan fingerprint density at radius 1 is 1.00 bits per heavy atom. The molecule has 0 saturated heterocycles. The molecule has 0 radical (unpaired) electrons. The van der Waals surface area contributed by atoms with Crippen LogP contribution in [0.1, 0.15) is 19.4 Å². The fraction of sp³-hybridized carbons (Fsp3) is 0.259. The van der Waals surface area contributed by atoms with E-state index >= 15 is 0 Å². The maximum absolute atomic E-state index is 11.6. The monoisotopic (exact) mass is 515 g/mol. The average molecular weight is 516 g/mol. The average Bonchev–Trinajstić information content (AvgIpc) is 3.57. The van der Waals surface area contributed by atoms with Crippen molar-refractivity contribution < 1.29 is 14.6 Å². The maximum Gasteiger partial charge on any atom is 0.323 e. The van der Waals surface area contributed by atoms with E-state index in [0.29, 0.717) is 34.9 Å². The summed E-state index contributed by atoms with van der Waals surface area (Å²) in [6, 6.07) is 20.8. The van der Waals surface area contributed by atoms with Gasteiger partial charge < -0.3 is 29.9 Å². The van der Waals surface area contributed by atoms with E-state index in [0.717, 1.165) is 23.3 Å². The molecule has 2 aromatic heterocycles. The molecule has 5 aromatic rings. The first-order chi connectivity index (χ1) is 18.3. The number of aromatic nitrogens is 6. The first-order valence-electron chi connectivity index (χ1n) is 12.2. The number of aromatic amines is 3. The molecule has 11 heteroatoms. The Morgan fingerprint density at radius 2 is 1.74 bits per heavy atom. The molecule has 0 unspecified atom stereocenters. The number of para-hydroxylation sites is 1. The number of rotatable bonds is 11. The highest BCUT2D eigenvalue weighted by Gasteiger charge is 2.20. The number of β-amino-alcohol motifs (C(OH)–C–C–N with tert-alkyl or cyclic N) is 1. The predicted octanol–water partition coefficient (Wildman–Crippen LogP) is 3.18. The van der Waals surface area contributed by atoms with Crippen LogP contribution >= 0.6 is 0 Å². The normalized spacial score (nSPS) is 12.5. The van der Waals surface area contributed by atoms with Crippen LogP contribution in [0.4, 0.5) is 0 Å². The third-order valence-corrected chi connectivity index (χ3v) is 6.02. The van der Waals surface area contributed by atoms with Crippen molar-refractivity contribution in [2.75, 3.05) is 13.2 Å². The lowest BCUT2D eigenvalue weighted by Gasteiger charge is -2.28. The van der Waals surface area contributed by atoms with Gasteiger partial charge in [0, 0.05) is 17.6 Å². The Morgan fingerprint density at radius 3 is 2.45 bits per heavy atom. The Balaban J connectivity index is 1.10. The van der Waals surface area contributed by atoms with Crippen LogP contribution in [0.2, 0.25) is 0 Å². The number of hydrogen-bond acceptors (Lipinski definition) is 8. The molecule has 2 heterocycles. The van der Waals surface area contributed by atoms with Crippen molar-refractivity contribution in [3.05, 3.63) is 82.8 Å². The molecule has 0 aliphatic rings. The number of imidazole rings is 1.